The van der Waals surface area contributed by atoms with Gasteiger partial charge in [0, 0.05) is 12.8 Å². The summed E-state index contributed by atoms with van der Waals surface area (Å²) in [7, 11) is 0. The molecule has 2 atom stereocenters. The van der Waals surface area contributed by atoms with E-state index in [9.17, 15) is 14.4 Å². The fourth-order valence-corrected chi connectivity index (χ4v) is 3.08. The van der Waals surface area contributed by atoms with Crippen molar-refractivity contribution in [2.24, 2.45) is 5.73 Å². The SMILES string of the molecule is N#CCCCC[C@H](NC(=O)[C@@H](Cc1ccccc1)NC(=O)OCc1ccccc1)C(N)=O. The van der Waals surface area contributed by atoms with Gasteiger partial charge >= 0.3 is 6.09 Å². The molecule has 0 spiro atoms. The second-order valence-electron chi connectivity index (χ2n) is 7.32. The molecule has 2 rings (SSSR count). The maximum absolute atomic E-state index is 12.9. The molecule has 32 heavy (non-hydrogen) atoms. The van der Waals surface area contributed by atoms with Crippen LogP contribution in [0.3, 0.4) is 0 Å². The standard InChI is InChI=1S/C24H28N4O4/c25-15-9-3-8-14-20(22(26)29)27-23(30)21(16-18-10-4-1-5-11-18)28-24(31)32-17-19-12-6-2-7-13-19/h1-2,4-7,10-13,20-21H,3,8-9,14,16-17H2,(H2,26,29)(H,27,30)(H,28,31)/t20-,21+/m0/s1. The lowest BCUT2D eigenvalue weighted by Gasteiger charge is -2.22. The number of alkyl carbamates (subject to hydrolysis) is 1. The summed E-state index contributed by atoms with van der Waals surface area (Å²) >= 11 is 0. The van der Waals surface area contributed by atoms with Crippen molar-refractivity contribution < 1.29 is 19.1 Å². The Labute approximate surface area is 187 Å². The Kier molecular flexibility index (Phi) is 10.3. The van der Waals surface area contributed by atoms with Gasteiger partial charge in [0.2, 0.25) is 11.8 Å². The summed E-state index contributed by atoms with van der Waals surface area (Å²) in [5.74, 6) is -1.20. The van der Waals surface area contributed by atoms with Crippen molar-refractivity contribution in [1.82, 2.24) is 10.6 Å². The van der Waals surface area contributed by atoms with Crippen LogP contribution in [0, 0.1) is 11.3 Å². The number of nitriles is 1. The molecule has 0 radical (unpaired) electrons. The molecule has 3 amide bonds. The number of nitrogens with two attached hydrogens (primary N) is 1. The fraction of sp³-hybridized carbons (Fsp3) is 0.333. The smallest absolute Gasteiger partial charge is 0.408 e. The monoisotopic (exact) mass is 436 g/mol. The number of nitrogens with one attached hydrogen (secondary N) is 2. The molecule has 0 aliphatic rings. The number of ether oxygens (including phenoxy) is 1. The number of carbonyl (C=O) groups is 3. The van der Waals surface area contributed by atoms with Crippen LogP contribution in [-0.4, -0.2) is 30.0 Å². The number of primary amides is 1. The minimum absolute atomic E-state index is 0.0646. The summed E-state index contributed by atoms with van der Waals surface area (Å²) < 4.78 is 5.24. The Bertz CT molecular complexity index is 913. The van der Waals surface area contributed by atoms with Crippen LogP contribution in [0.5, 0.6) is 0 Å². The molecule has 168 valence electrons. The molecule has 0 saturated carbocycles. The van der Waals surface area contributed by atoms with Crippen molar-refractivity contribution >= 4 is 17.9 Å². The van der Waals surface area contributed by atoms with E-state index in [0.29, 0.717) is 25.7 Å². The van der Waals surface area contributed by atoms with Crippen LogP contribution < -0.4 is 16.4 Å². The van der Waals surface area contributed by atoms with Gasteiger partial charge in [-0.1, -0.05) is 60.7 Å². The quantitative estimate of drug-likeness (QED) is 0.440. The first-order valence-electron chi connectivity index (χ1n) is 10.5. The van der Waals surface area contributed by atoms with Crippen LogP contribution in [-0.2, 0) is 27.4 Å². The second kappa shape index (κ2) is 13.4. The predicted octanol–water partition coefficient (Wildman–Crippen LogP) is 2.58. The Morgan fingerprint density at radius 1 is 0.906 bits per heavy atom. The summed E-state index contributed by atoms with van der Waals surface area (Å²) in [6, 6.07) is 18.6. The third-order valence-corrected chi connectivity index (χ3v) is 4.80. The van der Waals surface area contributed by atoms with E-state index in [1.807, 2.05) is 66.7 Å². The first-order chi connectivity index (χ1) is 15.5. The average molecular weight is 437 g/mol. The molecule has 0 saturated heterocycles. The van der Waals surface area contributed by atoms with E-state index in [0.717, 1.165) is 11.1 Å². The van der Waals surface area contributed by atoms with Crippen molar-refractivity contribution in [2.45, 2.75) is 50.8 Å². The lowest BCUT2D eigenvalue weighted by atomic mass is 10.0. The van der Waals surface area contributed by atoms with E-state index in [4.69, 9.17) is 15.7 Å². The maximum atomic E-state index is 12.9. The zero-order valence-corrected chi connectivity index (χ0v) is 17.8. The van der Waals surface area contributed by atoms with Crippen LogP contribution >= 0.6 is 0 Å². The zero-order valence-electron chi connectivity index (χ0n) is 17.8. The highest BCUT2D eigenvalue weighted by molar-refractivity contribution is 5.90. The first-order valence-corrected chi connectivity index (χ1v) is 10.5. The molecule has 0 unspecified atom stereocenters. The third kappa shape index (κ3) is 8.88. The van der Waals surface area contributed by atoms with Crippen LogP contribution in [0.15, 0.2) is 60.7 Å². The van der Waals surface area contributed by atoms with Crippen LogP contribution in [0.1, 0.15) is 36.8 Å². The van der Waals surface area contributed by atoms with Gasteiger partial charge < -0.3 is 21.1 Å². The number of rotatable bonds is 12. The van der Waals surface area contributed by atoms with Crippen molar-refractivity contribution in [3.63, 3.8) is 0 Å². The van der Waals surface area contributed by atoms with Crippen molar-refractivity contribution in [3.05, 3.63) is 71.8 Å². The van der Waals surface area contributed by atoms with Gasteiger partial charge in [-0.25, -0.2) is 4.79 Å². The normalized spacial score (nSPS) is 12.1. The Morgan fingerprint density at radius 3 is 2.12 bits per heavy atom. The second-order valence-corrected chi connectivity index (χ2v) is 7.32. The van der Waals surface area contributed by atoms with Crippen LogP contribution in [0.4, 0.5) is 4.79 Å². The minimum Gasteiger partial charge on any atom is -0.445 e. The Morgan fingerprint density at radius 2 is 1.53 bits per heavy atom. The summed E-state index contributed by atoms with van der Waals surface area (Å²) in [5, 5.41) is 13.9. The fourth-order valence-electron chi connectivity index (χ4n) is 3.08. The zero-order chi connectivity index (χ0) is 23.2. The largest absolute Gasteiger partial charge is 0.445 e. The molecule has 2 aromatic rings. The number of nitrogens with zero attached hydrogens (tertiary/aromatic N) is 1. The van der Waals surface area contributed by atoms with E-state index >= 15 is 0 Å². The molecule has 2 aromatic carbocycles. The number of amides is 3. The van der Waals surface area contributed by atoms with Gasteiger partial charge in [-0.3, -0.25) is 9.59 Å². The van der Waals surface area contributed by atoms with Gasteiger partial charge in [-0.15, -0.1) is 0 Å². The van der Waals surface area contributed by atoms with E-state index < -0.39 is 30.0 Å². The van der Waals surface area contributed by atoms with Gasteiger partial charge in [0.25, 0.3) is 0 Å². The van der Waals surface area contributed by atoms with Gasteiger partial charge in [0.15, 0.2) is 0 Å². The van der Waals surface area contributed by atoms with E-state index in [1.165, 1.54) is 0 Å². The predicted molar refractivity (Wildman–Crippen MR) is 119 cm³/mol. The summed E-state index contributed by atoms with van der Waals surface area (Å²) in [6.07, 6.45) is 1.33. The average Bonchev–Trinajstić information content (AvgIpc) is 2.80. The lowest BCUT2D eigenvalue weighted by molar-refractivity contribution is -0.128. The summed E-state index contributed by atoms with van der Waals surface area (Å²) in [4.78, 5) is 37.1. The third-order valence-electron chi connectivity index (χ3n) is 4.80. The molecule has 4 N–H and O–H groups in total. The van der Waals surface area contributed by atoms with E-state index in [1.54, 1.807) is 0 Å². The van der Waals surface area contributed by atoms with Gasteiger partial charge in [-0.05, 0) is 30.4 Å². The number of hydrogen-bond acceptors (Lipinski definition) is 5. The molecule has 8 nitrogen and oxygen atoms in total. The summed E-state index contributed by atoms with van der Waals surface area (Å²) in [5.41, 5.74) is 7.09. The number of carbonyl (C=O) groups excluding carboxylic acids is 3. The number of benzene rings is 2. The highest BCUT2D eigenvalue weighted by Gasteiger charge is 2.26. The van der Waals surface area contributed by atoms with Gasteiger partial charge in [-0.2, -0.15) is 5.26 Å². The molecule has 0 aliphatic heterocycles. The van der Waals surface area contributed by atoms with E-state index in [2.05, 4.69) is 10.6 Å². The molecule has 0 bridgehead atoms. The molecule has 0 aliphatic carbocycles. The van der Waals surface area contributed by atoms with E-state index in [-0.39, 0.29) is 13.0 Å². The maximum Gasteiger partial charge on any atom is 0.408 e. The molecule has 0 fully saturated rings. The molecule has 8 heteroatoms. The first kappa shape index (κ1) is 24.4. The van der Waals surface area contributed by atoms with Crippen LogP contribution in [0.25, 0.3) is 0 Å². The van der Waals surface area contributed by atoms with Gasteiger partial charge in [0.05, 0.1) is 6.07 Å². The van der Waals surface area contributed by atoms with Crippen molar-refractivity contribution in [3.8, 4) is 6.07 Å². The van der Waals surface area contributed by atoms with Crippen molar-refractivity contribution in [1.29, 1.82) is 5.26 Å². The number of unbranched alkanes of at least 4 members (excludes halogenated alkanes) is 2. The van der Waals surface area contributed by atoms with Crippen LogP contribution in [0.2, 0.25) is 0 Å². The molecule has 0 aromatic heterocycles. The topological polar surface area (TPSA) is 134 Å². The Hall–Kier alpha value is -3.86. The number of hydrogen-bond donors (Lipinski definition) is 3. The molecular formula is C24H28N4O4. The summed E-state index contributed by atoms with van der Waals surface area (Å²) in [6.45, 7) is 0.0646. The minimum atomic E-state index is -0.957. The van der Waals surface area contributed by atoms with Gasteiger partial charge in [0.1, 0.15) is 18.7 Å². The highest BCUT2D eigenvalue weighted by Crippen LogP contribution is 2.08. The Balaban J connectivity index is 2.02. The molecular weight excluding hydrogens is 408 g/mol. The van der Waals surface area contributed by atoms with Crippen molar-refractivity contribution in [2.75, 3.05) is 0 Å². The molecule has 0 heterocycles. The highest BCUT2D eigenvalue weighted by atomic mass is 16.5. The lowest BCUT2D eigenvalue weighted by Crippen LogP contribution is -2.53.